The van der Waals surface area contributed by atoms with E-state index in [2.05, 4.69) is 10.6 Å². The number of quaternary nitrogens is 1. The van der Waals surface area contributed by atoms with Crippen molar-refractivity contribution in [2.45, 2.75) is 32.8 Å². The summed E-state index contributed by atoms with van der Waals surface area (Å²) in [5.41, 5.74) is -0.509. The summed E-state index contributed by atoms with van der Waals surface area (Å²) in [7, 11) is 0. The fourth-order valence-electron chi connectivity index (χ4n) is 2.52. The van der Waals surface area contributed by atoms with Crippen LogP contribution in [0.2, 0.25) is 0 Å². The number of alkyl carbamates (subject to hydrolysis) is 1. The van der Waals surface area contributed by atoms with Gasteiger partial charge in [0.1, 0.15) is 12.1 Å². The Labute approximate surface area is 126 Å². The van der Waals surface area contributed by atoms with Crippen molar-refractivity contribution in [3.8, 4) is 0 Å². The van der Waals surface area contributed by atoms with Crippen LogP contribution in [0, 0.1) is 0 Å². The Kier molecular flexibility index (Phi) is 6.42. The van der Waals surface area contributed by atoms with Crippen LogP contribution < -0.4 is 15.7 Å². The Morgan fingerprint density at radius 2 is 1.90 bits per heavy atom. The summed E-state index contributed by atoms with van der Waals surface area (Å²) in [6.45, 7) is 9.85. The monoisotopic (exact) mass is 301 g/mol. The van der Waals surface area contributed by atoms with Crippen LogP contribution in [0.25, 0.3) is 0 Å². The Bertz CT molecular complexity index is 360. The molecule has 0 saturated carbocycles. The first-order chi connectivity index (χ1) is 9.72. The van der Waals surface area contributed by atoms with E-state index in [1.807, 2.05) is 20.8 Å². The molecule has 1 aliphatic heterocycles. The summed E-state index contributed by atoms with van der Waals surface area (Å²) in [4.78, 5) is 22.4. The smallest absolute Gasteiger partial charge is 0.407 e. The molecule has 2 N–H and O–H groups in total. The zero-order valence-corrected chi connectivity index (χ0v) is 13.2. The molecule has 0 aliphatic carbocycles. The number of carbonyl (C=O) groups excluding carboxylic acids is 2. The number of carboxylic acid groups (broad SMARTS) is 1. The van der Waals surface area contributed by atoms with Gasteiger partial charge in [-0.2, -0.15) is 0 Å². The van der Waals surface area contributed by atoms with Crippen molar-refractivity contribution >= 4 is 12.1 Å². The lowest BCUT2D eigenvalue weighted by molar-refractivity contribution is -0.924. The Balaban J connectivity index is 2.34. The van der Waals surface area contributed by atoms with E-state index in [0.29, 0.717) is 24.0 Å². The number of piperazine rings is 1. The molecule has 0 radical (unpaired) electrons. The van der Waals surface area contributed by atoms with E-state index in [9.17, 15) is 14.7 Å². The van der Waals surface area contributed by atoms with Gasteiger partial charge in [-0.3, -0.25) is 0 Å². The molecule has 0 aromatic rings. The van der Waals surface area contributed by atoms with Gasteiger partial charge in [-0.25, -0.2) is 4.79 Å². The van der Waals surface area contributed by atoms with Gasteiger partial charge in [0.2, 0.25) is 0 Å². The molecule has 21 heavy (non-hydrogen) atoms. The van der Waals surface area contributed by atoms with E-state index in [1.54, 1.807) is 0 Å². The molecule has 0 atom stereocenters. The number of nitrogens with one attached hydrogen (secondary N) is 2. The van der Waals surface area contributed by atoms with Crippen molar-refractivity contribution in [3.05, 3.63) is 0 Å². The molecular weight excluding hydrogens is 274 g/mol. The highest BCUT2D eigenvalue weighted by Gasteiger charge is 2.29. The fourth-order valence-corrected chi connectivity index (χ4v) is 2.52. The second-order valence-corrected chi connectivity index (χ2v) is 6.57. The number of rotatable bonds is 6. The molecule has 1 heterocycles. The fraction of sp³-hybridized carbons (Fsp3) is 0.857. The number of ether oxygens (including phenoxy) is 1. The highest BCUT2D eigenvalue weighted by Crippen LogP contribution is 2.10. The van der Waals surface area contributed by atoms with Gasteiger partial charge in [-0.15, -0.1) is 0 Å². The molecule has 7 heteroatoms. The zero-order valence-electron chi connectivity index (χ0n) is 13.2. The highest BCUT2D eigenvalue weighted by atomic mass is 16.6. The first kappa shape index (κ1) is 17.7. The van der Waals surface area contributed by atoms with Gasteiger partial charge in [0.05, 0.1) is 25.6 Å². The van der Waals surface area contributed by atoms with Crippen LogP contribution in [0.1, 0.15) is 27.2 Å². The summed E-state index contributed by atoms with van der Waals surface area (Å²) in [6.07, 6.45) is 0.279. The van der Waals surface area contributed by atoms with Gasteiger partial charge < -0.3 is 29.8 Å². The van der Waals surface area contributed by atoms with Crippen LogP contribution in [-0.4, -0.2) is 68.0 Å². The van der Waals surface area contributed by atoms with Gasteiger partial charge >= 0.3 is 6.09 Å². The number of amides is 1. The molecule has 122 valence electrons. The third kappa shape index (κ3) is 7.29. The van der Waals surface area contributed by atoms with Crippen molar-refractivity contribution in [2.24, 2.45) is 0 Å². The van der Waals surface area contributed by atoms with Crippen LogP contribution in [0.5, 0.6) is 0 Å². The summed E-state index contributed by atoms with van der Waals surface area (Å²) < 4.78 is 5.67. The molecule has 1 amide bonds. The lowest BCUT2D eigenvalue weighted by atomic mass is 10.2. The van der Waals surface area contributed by atoms with Crippen LogP contribution in [0.15, 0.2) is 0 Å². The van der Waals surface area contributed by atoms with Crippen LogP contribution in [0.3, 0.4) is 0 Å². The van der Waals surface area contributed by atoms with Gasteiger partial charge in [0.25, 0.3) is 0 Å². The van der Waals surface area contributed by atoms with Crippen molar-refractivity contribution in [2.75, 3.05) is 45.8 Å². The molecule has 1 saturated heterocycles. The molecular formula is C14H27N3O4. The summed E-state index contributed by atoms with van der Waals surface area (Å²) in [6, 6.07) is 0. The average molecular weight is 301 g/mol. The normalized spacial score (nSPS) is 18.0. The van der Waals surface area contributed by atoms with E-state index in [4.69, 9.17) is 4.74 Å². The molecule has 0 spiro atoms. The van der Waals surface area contributed by atoms with Crippen molar-refractivity contribution < 1.29 is 23.9 Å². The van der Waals surface area contributed by atoms with Crippen molar-refractivity contribution in [3.63, 3.8) is 0 Å². The molecule has 7 nitrogen and oxygen atoms in total. The SMILES string of the molecule is CC(C)(C)OC(=O)NCCC[N+]1(CC(=O)[O-])CCNCC1. The standard InChI is InChI=1S/C14H27N3O4/c1-14(2,3)21-13(20)16-5-4-8-17(11-12(18)19)9-6-15-7-10-17/h15H,4-11H2,1-3H3,(H-,16,18,19,20). The number of carboxylic acids is 1. The number of carbonyl (C=O) groups is 2. The molecule has 1 fully saturated rings. The van der Waals surface area contributed by atoms with Crippen LogP contribution >= 0.6 is 0 Å². The molecule has 0 unspecified atom stereocenters. The predicted molar refractivity (Wildman–Crippen MR) is 76.5 cm³/mol. The third-order valence-electron chi connectivity index (χ3n) is 3.47. The maximum Gasteiger partial charge on any atom is 0.407 e. The minimum Gasteiger partial charge on any atom is -0.544 e. The molecule has 0 aromatic heterocycles. The van der Waals surface area contributed by atoms with Gasteiger partial charge in [0.15, 0.2) is 0 Å². The number of hydrogen-bond donors (Lipinski definition) is 2. The average Bonchev–Trinajstić information content (AvgIpc) is 2.33. The van der Waals surface area contributed by atoms with Crippen molar-refractivity contribution in [1.82, 2.24) is 10.6 Å². The topological polar surface area (TPSA) is 90.5 Å². The second-order valence-electron chi connectivity index (χ2n) is 6.57. The summed E-state index contributed by atoms with van der Waals surface area (Å²) >= 11 is 0. The number of hydrogen-bond acceptors (Lipinski definition) is 5. The quantitative estimate of drug-likeness (QED) is 0.489. The van der Waals surface area contributed by atoms with Crippen LogP contribution in [-0.2, 0) is 9.53 Å². The summed E-state index contributed by atoms with van der Waals surface area (Å²) in [5.74, 6) is -1.02. The lowest BCUT2D eigenvalue weighted by Gasteiger charge is -2.42. The van der Waals surface area contributed by atoms with Gasteiger partial charge in [-0.05, 0) is 20.8 Å². The van der Waals surface area contributed by atoms with Crippen LogP contribution in [0.4, 0.5) is 4.79 Å². The zero-order chi connectivity index (χ0) is 15.9. The van der Waals surface area contributed by atoms with Gasteiger partial charge in [0, 0.05) is 26.1 Å². The molecule has 1 rings (SSSR count). The number of nitrogens with zero attached hydrogens (tertiary/aromatic N) is 1. The summed E-state index contributed by atoms with van der Waals surface area (Å²) in [5, 5.41) is 16.9. The molecule has 0 bridgehead atoms. The first-order valence-electron chi connectivity index (χ1n) is 7.45. The highest BCUT2D eigenvalue weighted by molar-refractivity contribution is 5.67. The van der Waals surface area contributed by atoms with E-state index >= 15 is 0 Å². The van der Waals surface area contributed by atoms with Gasteiger partial charge in [-0.1, -0.05) is 0 Å². The first-order valence-corrected chi connectivity index (χ1v) is 7.45. The maximum absolute atomic E-state index is 11.5. The Hall–Kier alpha value is -1.34. The Morgan fingerprint density at radius 3 is 2.43 bits per heavy atom. The van der Waals surface area contributed by atoms with E-state index in [-0.39, 0.29) is 6.54 Å². The maximum atomic E-state index is 11.5. The van der Waals surface area contributed by atoms with E-state index < -0.39 is 17.7 Å². The molecule has 0 aromatic carbocycles. The predicted octanol–water partition coefficient (Wildman–Crippen LogP) is -0.929. The molecule has 1 aliphatic rings. The lowest BCUT2D eigenvalue weighted by Crippen LogP contribution is -2.62. The largest absolute Gasteiger partial charge is 0.544 e. The van der Waals surface area contributed by atoms with E-state index in [0.717, 1.165) is 26.2 Å². The van der Waals surface area contributed by atoms with E-state index in [1.165, 1.54) is 0 Å². The third-order valence-corrected chi connectivity index (χ3v) is 3.47. The van der Waals surface area contributed by atoms with Crippen molar-refractivity contribution in [1.29, 1.82) is 0 Å². The Morgan fingerprint density at radius 1 is 1.29 bits per heavy atom. The second kappa shape index (κ2) is 7.61. The minimum absolute atomic E-state index is 0.0358. The number of aliphatic carboxylic acids is 1. The minimum atomic E-state index is -1.02.